The molecule has 5 rings (SSSR count). The van der Waals surface area contributed by atoms with Crippen LogP contribution in [-0.4, -0.2) is 41.0 Å². The van der Waals surface area contributed by atoms with E-state index in [9.17, 15) is 4.79 Å². The summed E-state index contributed by atoms with van der Waals surface area (Å²) in [4.78, 5) is 39.0. The first kappa shape index (κ1) is 22.6. The highest BCUT2D eigenvalue weighted by atomic mass is 16.1. The number of nitrogen functional groups attached to an aromatic ring is 1. The number of pyridine rings is 1. The Morgan fingerprint density at radius 3 is 2.69 bits per heavy atom. The van der Waals surface area contributed by atoms with Crippen LogP contribution in [0.15, 0.2) is 72.4 Å². The molecule has 0 saturated heterocycles. The van der Waals surface area contributed by atoms with Crippen LogP contribution in [0.2, 0.25) is 0 Å². The molecular formula is C26H21N9O. The van der Waals surface area contributed by atoms with Crippen LogP contribution in [0.3, 0.4) is 0 Å². The lowest BCUT2D eigenvalue weighted by Gasteiger charge is -2.15. The van der Waals surface area contributed by atoms with Gasteiger partial charge in [-0.25, -0.2) is 19.9 Å². The maximum absolute atomic E-state index is 13.5. The molecule has 10 heteroatoms. The van der Waals surface area contributed by atoms with Gasteiger partial charge in [0.05, 0.1) is 29.0 Å². The lowest BCUT2D eigenvalue weighted by molar-refractivity contribution is 0.805. The molecule has 0 atom stereocenters. The number of rotatable bonds is 5. The van der Waals surface area contributed by atoms with Crippen molar-refractivity contribution in [2.24, 2.45) is 0 Å². The molecule has 176 valence electrons. The zero-order valence-corrected chi connectivity index (χ0v) is 19.4. The molecule has 0 aliphatic carbocycles. The molecule has 0 amide bonds. The van der Waals surface area contributed by atoms with Gasteiger partial charge < -0.3 is 11.1 Å². The molecule has 3 N–H and O–H groups in total. The second-order valence-electron chi connectivity index (χ2n) is 7.85. The summed E-state index contributed by atoms with van der Waals surface area (Å²) >= 11 is 0. The third kappa shape index (κ3) is 4.58. The van der Waals surface area contributed by atoms with Gasteiger partial charge >= 0.3 is 0 Å². The zero-order valence-electron chi connectivity index (χ0n) is 19.4. The number of fused-ring (bicyclic) bond motifs is 1. The smallest absolute Gasteiger partial charge is 0.266 e. The minimum atomic E-state index is -0.136. The largest absolute Gasteiger partial charge is 0.382 e. The normalized spacial score (nSPS) is 10.6. The fraction of sp³-hybridized carbons (Fsp3) is 0.115. The second kappa shape index (κ2) is 9.99. The third-order valence-corrected chi connectivity index (χ3v) is 5.48. The number of hydrogen-bond acceptors (Lipinski definition) is 9. The Labute approximate surface area is 206 Å². The number of aromatic nitrogens is 7. The quantitative estimate of drug-likeness (QED) is 0.367. The maximum Gasteiger partial charge on any atom is 0.266 e. The minimum absolute atomic E-state index is 0.136. The van der Waals surface area contributed by atoms with E-state index in [0.717, 1.165) is 5.56 Å². The molecule has 10 nitrogen and oxygen atoms in total. The lowest BCUT2D eigenvalue weighted by Crippen LogP contribution is -2.26. The van der Waals surface area contributed by atoms with Gasteiger partial charge in [-0.2, -0.15) is 0 Å². The van der Waals surface area contributed by atoms with Gasteiger partial charge in [0.25, 0.3) is 5.56 Å². The van der Waals surface area contributed by atoms with Gasteiger partial charge in [-0.3, -0.25) is 19.3 Å². The van der Waals surface area contributed by atoms with Crippen molar-refractivity contribution in [3.63, 3.8) is 0 Å². The van der Waals surface area contributed by atoms with Gasteiger partial charge in [0.2, 0.25) is 0 Å². The van der Waals surface area contributed by atoms with Crippen LogP contribution in [-0.2, 0) is 6.42 Å². The molecule has 0 saturated carbocycles. The second-order valence-corrected chi connectivity index (χ2v) is 7.85. The molecule has 36 heavy (non-hydrogen) atoms. The van der Waals surface area contributed by atoms with E-state index in [4.69, 9.17) is 10.7 Å². The average Bonchev–Trinajstić information content (AvgIpc) is 2.89. The first-order valence-electron chi connectivity index (χ1n) is 11.2. The van der Waals surface area contributed by atoms with Gasteiger partial charge in [-0.05, 0) is 36.6 Å². The van der Waals surface area contributed by atoms with Crippen LogP contribution in [0, 0.1) is 18.8 Å². The monoisotopic (exact) mass is 475 g/mol. The van der Waals surface area contributed by atoms with Crippen molar-refractivity contribution in [1.29, 1.82) is 0 Å². The molecule has 0 spiro atoms. The fourth-order valence-electron chi connectivity index (χ4n) is 3.80. The van der Waals surface area contributed by atoms with Crippen molar-refractivity contribution < 1.29 is 0 Å². The molecule has 0 fully saturated rings. The Bertz CT molecular complexity index is 1660. The van der Waals surface area contributed by atoms with Crippen LogP contribution in [0.25, 0.3) is 16.6 Å². The highest BCUT2D eigenvalue weighted by Gasteiger charge is 2.15. The van der Waals surface area contributed by atoms with Crippen molar-refractivity contribution in [3.05, 3.63) is 101 Å². The summed E-state index contributed by atoms with van der Waals surface area (Å²) in [5, 5.41) is 3.84. The molecule has 5 aromatic rings. The summed E-state index contributed by atoms with van der Waals surface area (Å²) in [6, 6.07) is 9.27. The van der Waals surface area contributed by atoms with Crippen LogP contribution in [0.5, 0.6) is 0 Å². The van der Waals surface area contributed by atoms with Crippen LogP contribution in [0.1, 0.15) is 22.6 Å². The number of nitrogens with zero attached hydrogens (tertiary/aromatic N) is 7. The highest BCUT2D eigenvalue weighted by Crippen LogP contribution is 2.18. The van der Waals surface area contributed by atoms with Crippen molar-refractivity contribution in [1.82, 2.24) is 34.5 Å². The number of anilines is 2. The molecule has 4 aromatic heterocycles. The standard InChI is InChI=1S/C26H21N9O/c1-17-4-2-6-21-23(17)26(36)35(19-5-3-10-28-15-19)22(34-21)9-11-31-25-20(24(27)32-16-33-25)8-7-18-14-29-12-13-30-18/h2-6,10,12-16H,9,11H2,1H3,(H3,27,31,32,33). The zero-order chi connectivity index (χ0) is 24.9. The number of nitrogens with one attached hydrogen (secondary N) is 1. The Morgan fingerprint density at radius 2 is 1.89 bits per heavy atom. The first-order chi connectivity index (χ1) is 17.6. The van der Waals surface area contributed by atoms with E-state index >= 15 is 0 Å². The van der Waals surface area contributed by atoms with E-state index < -0.39 is 0 Å². The lowest BCUT2D eigenvalue weighted by atomic mass is 10.1. The van der Waals surface area contributed by atoms with Crippen LogP contribution < -0.4 is 16.6 Å². The number of benzene rings is 1. The number of aryl methyl sites for hydroxylation is 1. The Kier molecular flexibility index (Phi) is 6.27. The molecule has 0 aliphatic rings. The molecule has 0 unspecified atom stereocenters. The van der Waals surface area contributed by atoms with E-state index in [2.05, 4.69) is 42.1 Å². The average molecular weight is 476 g/mol. The van der Waals surface area contributed by atoms with Gasteiger partial charge in [0, 0.05) is 31.6 Å². The SMILES string of the molecule is Cc1cccc2nc(CCNc3ncnc(N)c3C#Cc3cnccn3)n(-c3cccnc3)c(=O)c12. The van der Waals surface area contributed by atoms with E-state index in [1.807, 2.05) is 31.2 Å². The van der Waals surface area contributed by atoms with Crippen molar-refractivity contribution in [2.75, 3.05) is 17.6 Å². The number of nitrogens with two attached hydrogens (primary N) is 1. The molecule has 0 radical (unpaired) electrons. The van der Waals surface area contributed by atoms with Crippen molar-refractivity contribution >= 4 is 22.5 Å². The van der Waals surface area contributed by atoms with Gasteiger partial charge in [-0.15, -0.1) is 0 Å². The van der Waals surface area contributed by atoms with Crippen molar-refractivity contribution in [2.45, 2.75) is 13.3 Å². The number of hydrogen-bond donors (Lipinski definition) is 2. The molecule has 0 aliphatic heterocycles. The summed E-state index contributed by atoms with van der Waals surface area (Å²) in [5.41, 5.74) is 9.06. The van der Waals surface area contributed by atoms with Crippen molar-refractivity contribution in [3.8, 4) is 17.5 Å². The Hall–Kier alpha value is -5.17. The van der Waals surface area contributed by atoms with E-state index in [-0.39, 0.29) is 11.4 Å². The fourth-order valence-corrected chi connectivity index (χ4v) is 3.80. The van der Waals surface area contributed by atoms with Gasteiger partial charge in [0.1, 0.15) is 35.0 Å². The van der Waals surface area contributed by atoms with Gasteiger partial charge in [0.15, 0.2) is 0 Å². The summed E-state index contributed by atoms with van der Waals surface area (Å²) in [6.07, 6.45) is 9.81. The topological polar surface area (TPSA) is 137 Å². The highest BCUT2D eigenvalue weighted by molar-refractivity contribution is 5.81. The Balaban J connectivity index is 1.47. The Morgan fingerprint density at radius 1 is 1.00 bits per heavy atom. The summed E-state index contributed by atoms with van der Waals surface area (Å²) in [6.45, 7) is 2.32. The molecule has 0 bridgehead atoms. The van der Waals surface area contributed by atoms with Crippen LogP contribution in [0.4, 0.5) is 11.6 Å². The van der Waals surface area contributed by atoms with E-state index in [1.165, 1.54) is 6.33 Å². The van der Waals surface area contributed by atoms with E-state index in [1.54, 1.807) is 41.6 Å². The molecule has 1 aromatic carbocycles. The van der Waals surface area contributed by atoms with Gasteiger partial charge in [-0.1, -0.05) is 18.1 Å². The first-order valence-corrected chi connectivity index (χ1v) is 11.2. The van der Waals surface area contributed by atoms with Crippen LogP contribution >= 0.6 is 0 Å². The summed E-state index contributed by atoms with van der Waals surface area (Å²) in [7, 11) is 0. The maximum atomic E-state index is 13.5. The minimum Gasteiger partial charge on any atom is -0.382 e. The summed E-state index contributed by atoms with van der Waals surface area (Å²) in [5.74, 6) is 7.22. The predicted octanol–water partition coefficient (Wildman–Crippen LogP) is 2.31. The third-order valence-electron chi connectivity index (χ3n) is 5.48. The predicted molar refractivity (Wildman–Crippen MR) is 137 cm³/mol. The molecular weight excluding hydrogens is 454 g/mol. The van der Waals surface area contributed by atoms with E-state index in [0.29, 0.717) is 52.5 Å². The molecule has 4 heterocycles. The summed E-state index contributed by atoms with van der Waals surface area (Å²) < 4.78 is 1.60.